The van der Waals surface area contributed by atoms with E-state index in [2.05, 4.69) is 15.3 Å². The van der Waals surface area contributed by atoms with Crippen molar-refractivity contribution >= 4 is 40.7 Å². The third-order valence-corrected chi connectivity index (χ3v) is 3.19. The molecule has 3 N–H and O–H groups in total. The van der Waals surface area contributed by atoms with E-state index in [1.54, 1.807) is 17.8 Å². The third kappa shape index (κ3) is 3.27. The zero-order valence-corrected chi connectivity index (χ0v) is 11.4. The van der Waals surface area contributed by atoms with Gasteiger partial charge in [-0.25, -0.2) is 9.97 Å². The van der Waals surface area contributed by atoms with Gasteiger partial charge in [0.1, 0.15) is 11.6 Å². The van der Waals surface area contributed by atoms with E-state index in [1.165, 1.54) is 0 Å². The number of hydrogen-bond donors (Lipinski definition) is 2. The average Bonchev–Trinajstić information content (AvgIpc) is 2.32. The summed E-state index contributed by atoms with van der Waals surface area (Å²) >= 11 is 7.62. The maximum Gasteiger partial charge on any atom is 0.191 e. The quantitative estimate of drug-likeness (QED) is 0.662. The number of para-hydroxylation sites is 1. The van der Waals surface area contributed by atoms with Gasteiger partial charge in [-0.1, -0.05) is 42.4 Å². The molecular formula is C12H13ClN4S. The summed E-state index contributed by atoms with van der Waals surface area (Å²) in [5.41, 5.74) is 6.54. The summed E-state index contributed by atoms with van der Waals surface area (Å²) in [6.45, 7) is 2.04. The number of rotatable bonds is 4. The molecular weight excluding hydrogens is 268 g/mol. The SMILES string of the molecule is CCSc1nc(N)cc(Nc2ccccc2Cl)n1. The number of benzene rings is 1. The number of hydrogen-bond acceptors (Lipinski definition) is 5. The van der Waals surface area contributed by atoms with Crippen LogP contribution < -0.4 is 11.1 Å². The minimum atomic E-state index is 0.440. The van der Waals surface area contributed by atoms with Crippen LogP contribution in [0.2, 0.25) is 5.02 Å². The molecule has 0 fully saturated rings. The predicted octanol–water partition coefficient (Wildman–Crippen LogP) is 3.57. The number of thioether (sulfide) groups is 1. The molecule has 2 rings (SSSR count). The molecule has 18 heavy (non-hydrogen) atoms. The van der Waals surface area contributed by atoms with E-state index in [-0.39, 0.29) is 0 Å². The predicted molar refractivity (Wildman–Crippen MR) is 77.6 cm³/mol. The van der Waals surface area contributed by atoms with Gasteiger partial charge in [-0.15, -0.1) is 0 Å². The summed E-state index contributed by atoms with van der Waals surface area (Å²) in [4.78, 5) is 8.51. The van der Waals surface area contributed by atoms with E-state index in [1.807, 2.05) is 31.2 Å². The van der Waals surface area contributed by atoms with Crippen molar-refractivity contribution in [3.8, 4) is 0 Å². The standard InChI is InChI=1S/C12H13ClN4S/c1-2-18-12-16-10(14)7-11(17-12)15-9-6-4-3-5-8(9)13/h3-7H,2H2,1H3,(H3,14,15,16,17). The van der Waals surface area contributed by atoms with E-state index < -0.39 is 0 Å². The molecule has 94 valence electrons. The maximum atomic E-state index is 6.07. The van der Waals surface area contributed by atoms with Crippen LogP contribution in [0.4, 0.5) is 17.3 Å². The second-order valence-corrected chi connectivity index (χ2v) is 5.14. The molecule has 0 radical (unpaired) electrons. The lowest BCUT2D eigenvalue weighted by molar-refractivity contribution is 0.981. The van der Waals surface area contributed by atoms with Gasteiger partial charge in [0, 0.05) is 6.07 Å². The molecule has 0 aliphatic rings. The molecule has 1 heterocycles. The lowest BCUT2D eigenvalue weighted by Crippen LogP contribution is -2.00. The normalized spacial score (nSPS) is 10.3. The summed E-state index contributed by atoms with van der Waals surface area (Å²) < 4.78 is 0. The Morgan fingerprint density at radius 3 is 2.83 bits per heavy atom. The molecule has 0 spiro atoms. The Morgan fingerprint density at radius 2 is 2.11 bits per heavy atom. The molecule has 0 saturated carbocycles. The number of nitrogen functional groups attached to an aromatic ring is 1. The summed E-state index contributed by atoms with van der Waals surface area (Å²) in [7, 11) is 0. The number of nitrogens with zero attached hydrogens (tertiary/aromatic N) is 2. The molecule has 0 saturated heterocycles. The van der Waals surface area contributed by atoms with Gasteiger partial charge in [-0.3, -0.25) is 0 Å². The topological polar surface area (TPSA) is 63.8 Å². The molecule has 0 aliphatic carbocycles. The Bertz CT molecular complexity index is 547. The monoisotopic (exact) mass is 280 g/mol. The molecule has 0 unspecified atom stereocenters. The first-order valence-electron chi connectivity index (χ1n) is 5.48. The van der Waals surface area contributed by atoms with Crippen molar-refractivity contribution in [2.24, 2.45) is 0 Å². The first-order chi connectivity index (χ1) is 8.69. The van der Waals surface area contributed by atoms with Crippen molar-refractivity contribution in [2.75, 3.05) is 16.8 Å². The molecule has 1 aromatic heterocycles. The van der Waals surface area contributed by atoms with Crippen molar-refractivity contribution in [1.29, 1.82) is 0 Å². The number of nitrogens with one attached hydrogen (secondary N) is 1. The lowest BCUT2D eigenvalue weighted by atomic mass is 10.3. The Balaban J connectivity index is 2.26. The van der Waals surface area contributed by atoms with Gasteiger partial charge in [-0.2, -0.15) is 0 Å². The second kappa shape index (κ2) is 5.93. The van der Waals surface area contributed by atoms with Gasteiger partial charge in [-0.05, 0) is 17.9 Å². The largest absolute Gasteiger partial charge is 0.383 e. The molecule has 4 nitrogen and oxygen atoms in total. The zero-order valence-electron chi connectivity index (χ0n) is 9.85. The van der Waals surface area contributed by atoms with Gasteiger partial charge in [0.25, 0.3) is 0 Å². The smallest absolute Gasteiger partial charge is 0.191 e. The Labute approximate surface area is 115 Å². The Kier molecular flexibility index (Phi) is 4.28. The van der Waals surface area contributed by atoms with Crippen molar-refractivity contribution < 1.29 is 0 Å². The van der Waals surface area contributed by atoms with E-state index >= 15 is 0 Å². The highest BCUT2D eigenvalue weighted by molar-refractivity contribution is 7.99. The van der Waals surface area contributed by atoms with Crippen LogP contribution in [0.3, 0.4) is 0 Å². The first kappa shape index (κ1) is 13.0. The molecule has 2 aromatic rings. The molecule has 0 aliphatic heterocycles. The summed E-state index contributed by atoms with van der Waals surface area (Å²) in [5.74, 6) is 1.98. The van der Waals surface area contributed by atoms with Gasteiger partial charge in [0.15, 0.2) is 5.16 Å². The van der Waals surface area contributed by atoms with Crippen LogP contribution in [0.5, 0.6) is 0 Å². The van der Waals surface area contributed by atoms with E-state index in [0.717, 1.165) is 11.4 Å². The third-order valence-electron chi connectivity index (χ3n) is 2.14. The zero-order chi connectivity index (χ0) is 13.0. The van der Waals surface area contributed by atoms with Gasteiger partial charge >= 0.3 is 0 Å². The average molecular weight is 281 g/mol. The van der Waals surface area contributed by atoms with E-state index in [4.69, 9.17) is 17.3 Å². The van der Waals surface area contributed by atoms with E-state index in [9.17, 15) is 0 Å². The van der Waals surface area contributed by atoms with Crippen LogP contribution in [-0.2, 0) is 0 Å². The minimum Gasteiger partial charge on any atom is -0.383 e. The number of halogens is 1. The van der Waals surface area contributed by atoms with Crippen LogP contribution in [0, 0.1) is 0 Å². The molecule has 1 aromatic carbocycles. The van der Waals surface area contributed by atoms with Gasteiger partial charge < -0.3 is 11.1 Å². The van der Waals surface area contributed by atoms with Crippen LogP contribution in [0.1, 0.15) is 6.92 Å². The molecule has 0 bridgehead atoms. The first-order valence-corrected chi connectivity index (χ1v) is 6.84. The van der Waals surface area contributed by atoms with Gasteiger partial charge in [0.05, 0.1) is 10.7 Å². The highest BCUT2D eigenvalue weighted by Gasteiger charge is 2.05. The fourth-order valence-corrected chi connectivity index (χ4v) is 2.18. The minimum absolute atomic E-state index is 0.440. The van der Waals surface area contributed by atoms with Gasteiger partial charge in [0.2, 0.25) is 0 Å². The Hall–Kier alpha value is -1.46. The summed E-state index contributed by atoms with van der Waals surface area (Å²) in [6, 6.07) is 9.16. The Morgan fingerprint density at radius 1 is 1.33 bits per heavy atom. The molecule has 6 heteroatoms. The van der Waals surface area contributed by atoms with Crippen LogP contribution >= 0.6 is 23.4 Å². The fourth-order valence-electron chi connectivity index (χ4n) is 1.40. The van der Waals surface area contributed by atoms with Crippen LogP contribution in [0.25, 0.3) is 0 Å². The summed E-state index contributed by atoms with van der Waals surface area (Å²) in [5, 5.41) is 4.43. The van der Waals surface area contributed by atoms with E-state index in [0.29, 0.717) is 21.8 Å². The highest BCUT2D eigenvalue weighted by Crippen LogP contribution is 2.25. The number of aromatic nitrogens is 2. The van der Waals surface area contributed by atoms with Crippen LogP contribution in [-0.4, -0.2) is 15.7 Å². The lowest BCUT2D eigenvalue weighted by Gasteiger charge is -2.09. The second-order valence-electron chi connectivity index (χ2n) is 3.50. The fraction of sp³-hybridized carbons (Fsp3) is 0.167. The number of nitrogens with two attached hydrogens (primary N) is 1. The van der Waals surface area contributed by atoms with Crippen LogP contribution in [0.15, 0.2) is 35.5 Å². The van der Waals surface area contributed by atoms with Crippen molar-refractivity contribution in [3.05, 3.63) is 35.4 Å². The van der Waals surface area contributed by atoms with Crippen molar-refractivity contribution in [1.82, 2.24) is 9.97 Å². The number of anilines is 3. The maximum absolute atomic E-state index is 6.07. The van der Waals surface area contributed by atoms with Crippen molar-refractivity contribution in [3.63, 3.8) is 0 Å². The molecule has 0 amide bonds. The van der Waals surface area contributed by atoms with Crippen molar-refractivity contribution in [2.45, 2.75) is 12.1 Å². The highest BCUT2D eigenvalue weighted by atomic mass is 35.5. The molecule has 0 atom stereocenters. The summed E-state index contributed by atoms with van der Waals surface area (Å²) in [6.07, 6.45) is 0.